The third-order valence-electron chi connectivity index (χ3n) is 3.33. The molecule has 1 amide bonds. The summed E-state index contributed by atoms with van der Waals surface area (Å²) < 4.78 is 0. The van der Waals surface area contributed by atoms with Crippen molar-refractivity contribution < 1.29 is 4.79 Å². The third-order valence-corrected chi connectivity index (χ3v) is 3.57. The van der Waals surface area contributed by atoms with Crippen LogP contribution in [0.25, 0.3) is 0 Å². The molecule has 3 rings (SSSR count). The first-order valence-electron chi connectivity index (χ1n) is 7.01. The van der Waals surface area contributed by atoms with Crippen LogP contribution < -0.4 is 5.73 Å². The number of hydrogen-bond donors (Lipinski definition) is 2. The normalized spacial score (nSPS) is 13.7. The smallest absolute Gasteiger partial charge is 0.254 e. The van der Waals surface area contributed by atoms with Crippen LogP contribution in [0.15, 0.2) is 46.0 Å². The number of aromatic nitrogens is 2. The molecule has 1 aliphatic heterocycles. The Morgan fingerprint density at radius 2 is 2.35 bits per heavy atom. The van der Waals surface area contributed by atoms with E-state index < -0.39 is 5.91 Å². The van der Waals surface area contributed by atoms with Gasteiger partial charge in [0, 0.05) is 24.1 Å². The molecule has 0 spiro atoms. The van der Waals surface area contributed by atoms with Gasteiger partial charge in [0.05, 0.1) is 17.6 Å². The van der Waals surface area contributed by atoms with Gasteiger partial charge in [0.15, 0.2) is 5.82 Å². The summed E-state index contributed by atoms with van der Waals surface area (Å²) in [6.45, 7) is 0. The maximum Gasteiger partial charge on any atom is 0.254 e. The summed E-state index contributed by atoms with van der Waals surface area (Å²) in [4.78, 5) is 20.1. The van der Waals surface area contributed by atoms with E-state index in [0.717, 1.165) is 17.7 Å². The summed E-state index contributed by atoms with van der Waals surface area (Å²) in [6, 6.07) is 7.38. The number of nitrogens with zero attached hydrogens (tertiary/aromatic N) is 3. The van der Waals surface area contributed by atoms with Crippen LogP contribution in [0.3, 0.4) is 0 Å². The van der Waals surface area contributed by atoms with Crippen molar-refractivity contribution in [1.29, 1.82) is 0 Å². The van der Waals surface area contributed by atoms with E-state index in [9.17, 15) is 4.79 Å². The van der Waals surface area contributed by atoms with E-state index in [0.29, 0.717) is 17.1 Å². The van der Waals surface area contributed by atoms with E-state index in [1.54, 1.807) is 18.5 Å². The van der Waals surface area contributed by atoms with Crippen LogP contribution in [0.5, 0.6) is 0 Å². The molecule has 23 heavy (non-hydrogen) atoms. The predicted molar refractivity (Wildman–Crippen MR) is 90.7 cm³/mol. The van der Waals surface area contributed by atoms with Crippen LogP contribution in [0.4, 0.5) is 5.82 Å². The standard InChI is InChI=1S/C16H14ClN5O/c17-11-4-1-3-10(7-11)8-13-14(15(18)23)16(22-21-13)20-9-12-5-2-6-19-12/h1,3-7,9H,2,8H2,(H2,18,23)(H,21,22). The Labute approximate surface area is 137 Å². The van der Waals surface area contributed by atoms with Crippen molar-refractivity contribution in [3.05, 3.63) is 57.9 Å². The van der Waals surface area contributed by atoms with E-state index in [4.69, 9.17) is 17.3 Å². The van der Waals surface area contributed by atoms with Crippen molar-refractivity contribution in [1.82, 2.24) is 10.2 Å². The molecule has 0 unspecified atom stereocenters. The number of aliphatic imine (C=N–C) groups is 2. The Bertz CT molecular complexity index is 835. The molecule has 0 bridgehead atoms. The molecule has 0 saturated heterocycles. The van der Waals surface area contributed by atoms with Gasteiger partial charge in [0.2, 0.25) is 0 Å². The molecule has 0 aliphatic carbocycles. The number of rotatable bonds is 5. The van der Waals surface area contributed by atoms with E-state index in [1.807, 2.05) is 24.3 Å². The molecule has 2 aromatic rings. The zero-order valence-corrected chi connectivity index (χ0v) is 12.9. The number of primary amides is 1. The predicted octanol–water partition coefficient (Wildman–Crippen LogP) is 2.81. The Hall–Kier alpha value is -2.73. The van der Waals surface area contributed by atoms with Gasteiger partial charge in [0.25, 0.3) is 5.91 Å². The number of nitrogens with one attached hydrogen (secondary N) is 1. The van der Waals surface area contributed by atoms with Crippen molar-refractivity contribution >= 4 is 35.8 Å². The molecule has 7 heteroatoms. The monoisotopic (exact) mass is 327 g/mol. The number of halogens is 1. The highest BCUT2D eigenvalue weighted by Crippen LogP contribution is 2.23. The Balaban J connectivity index is 1.89. The highest BCUT2D eigenvalue weighted by Gasteiger charge is 2.18. The van der Waals surface area contributed by atoms with Crippen molar-refractivity contribution in [2.45, 2.75) is 12.8 Å². The van der Waals surface area contributed by atoms with Gasteiger partial charge < -0.3 is 5.73 Å². The van der Waals surface area contributed by atoms with E-state index in [2.05, 4.69) is 20.2 Å². The Kier molecular flexibility index (Phi) is 4.34. The molecule has 0 saturated carbocycles. The molecule has 3 N–H and O–H groups in total. The van der Waals surface area contributed by atoms with Crippen molar-refractivity contribution in [3.8, 4) is 0 Å². The molecule has 0 atom stereocenters. The van der Waals surface area contributed by atoms with Gasteiger partial charge >= 0.3 is 0 Å². The average Bonchev–Trinajstić information content (AvgIpc) is 3.14. The van der Waals surface area contributed by atoms with Gasteiger partial charge in [-0.1, -0.05) is 29.8 Å². The van der Waals surface area contributed by atoms with Crippen LogP contribution in [-0.2, 0) is 6.42 Å². The number of aromatic amines is 1. The lowest BCUT2D eigenvalue weighted by atomic mass is 10.1. The number of allylic oxidation sites excluding steroid dienone is 2. The summed E-state index contributed by atoms with van der Waals surface area (Å²) in [6.07, 6.45) is 6.51. The molecule has 0 fully saturated rings. The second-order valence-corrected chi connectivity index (χ2v) is 5.44. The number of hydrogen-bond acceptors (Lipinski definition) is 4. The molecule has 1 aromatic heterocycles. The SMILES string of the molecule is NC(=O)c1c(N=CC2=CCC=N2)n[nH]c1Cc1cccc(Cl)c1. The fourth-order valence-corrected chi connectivity index (χ4v) is 2.51. The minimum Gasteiger partial charge on any atom is -0.365 e. The van der Waals surface area contributed by atoms with E-state index >= 15 is 0 Å². The Morgan fingerprint density at radius 3 is 3.04 bits per heavy atom. The van der Waals surface area contributed by atoms with Crippen LogP contribution >= 0.6 is 11.6 Å². The lowest BCUT2D eigenvalue weighted by Gasteiger charge is -2.02. The topological polar surface area (TPSA) is 96.5 Å². The van der Waals surface area contributed by atoms with Crippen molar-refractivity contribution in [3.63, 3.8) is 0 Å². The van der Waals surface area contributed by atoms with Crippen LogP contribution in [-0.4, -0.2) is 28.5 Å². The molecule has 2 heterocycles. The van der Waals surface area contributed by atoms with Crippen LogP contribution in [0.1, 0.15) is 28.0 Å². The molecular weight excluding hydrogens is 314 g/mol. The fraction of sp³-hybridized carbons (Fsp3) is 0.125. The molecule has 1 aromatic carbocycles. The summed E-state index contributed by atoms with van der Waals surface area (Å²) in [5.74, 6) is -0.315. The zero-order chi connectivity index (χ0) is 16.2. The Morgan fingerprint density at radius 1 is 1.48 bits per heavy atom. The van der Waals surface area contributed by atoms with Crippen LogP contribution in [0.2, 0.25) is 5.02 Å². The molecular formula is C16H14ClN5O. The van der Waals surface area contributed by atoms with Gasteiger partial charge in [-0.3, -0.25) is 14.9 Å². The van der Waals surface area contributed by atoms with E-state index in [1.165, 1.54) is 0 Å². The van der Waals surface area contributed by atoms with Gasteiger partial charge in [-0.2, -0.15) is 5.10 Å². The number of H-pyrrole nitrogens is 1. The first-order chi connectivity index (χ1) is 11.1. The minimum absolute atomic E-state index is 0.262. The van der Waals surface area contributed by atoms with Crippen LogP contribution in [0, 0.1) is 0 Å². The maximum atomic E-state index is 11.8. The molecule has 1 aliphatic rings. The van der Waals surface area contributed by atoms with Crippen molar-refractivity contribution in [2.24, 2.45) is 15.7 Å². The lowest BCUT2D eigenvalue weighted by Crippen LogP contribution is -2.13. The summed E-state index contributed by atoms with van der Waals surface area (Å²) in [7, 11) is 0. The number of carbonyl (C=O) groups excluding carboxylic acids is 1. The first-order valence-corrected chi connectivity index (χ1v) is 7.39. The van der Waals surface area contributed by atoms with Gasteiger partial charge in [-0.05, 0) is 17.7 Å². The molecule has 6 nitrogen and oxygen atoms in total. The minimum atomic E-state index is -0.577. The average molecular weight is 328 g/mol. The summed E-state index contributed by atoms with van der Waals surface area (Å²) in [5.41, 5.74) is 8.06. The number of nitrogens with two attached hydrogens (primary N) is 1. The van der Waals surface area contributed by atoms with Crippen molar-refractivity contribution in [2.75, 3.05) is 0 Å². The third kappa shape index (κ3) is 3.54. The highest BCUT2D eigenvalue weighted by atomic mass is 35.5. The summed E-state index contributed by atoms with van der Waals surface area (Å²) in [5, 5.41) is 7.55. The number of carbonyl (C=O) groups is 1. The fourth-order valence-electron chi connectivity index (χ4n) is 2.30. The number of benzene rings is 1. The van der Waals surface area contributed by atoms with Gasteiger partial charge in [-0.15, -0.1) is 0 Å². The number of amides is 1. The molecule has 0 radical (unpaired) electrons. The summed E-state index contributed by atoms with van der Waals surface area (Å²) >= 11 is 5.98. The van der Waals surface area contributed by atoms with Gasteiger partial charge in [-0.25, -0.2) is 4.99 Å². The highest BCUT2D eigenvalue weighted by molar-refractivity contribution is 6.30. The zero-order valence-electron chi connectivity index (χ0n) is 12.2. The second kappa shape index (κ2) is 6.58. The second-order valence-electron chi connectivity index (χ2n) is 5.01. The first kappa shape index (κ1) is 15.2. The maximum absolute atomic E-state index is 11.8. The quantitative estimate of drug-likeness (QED) is 0.826. The van der Waals surface area contributed by atoms with Gasteiger partial charge in [0.1, 0.15) is 5.56 Å². The lowest BCUT2D eigenvalue weighted by molar-refractivity contribution is 0.100. The largest absolute Gasteiger partial charge is 0.365 e. The van der Waals surface area contributed by atoms with E-state index in [-0.39, 0.29) is 11.4 Å². The molecule has 116 valence electrons.